The molecule has 2 aromatic heterocycles. The van der Waals surface area contributed by atoms with E-state index in [9.17, 15) is 4.79 Å². The SMILES string of the molecule is CCOc1ccccc1NC(=O)C1C(C)=Nc2ncnn2C1c1sccc1C. The fraction of sp³-hybridized carbons (Fsp3) is 0.300. The van der Waals surface area contributed by atoms with Crippen LogP contribution in [0.3, 0.4) is 0 Å². The van der Waals surface area contributed by atoms with Gasteiger partial charge in [0.1, 0.15) is 24.0 Å². The second-order valence-corrected chi connectivity index (χ2v) is 7.51. The van der Waals surface area contributed by atoms with Crippen molar-refractivity contribution in [2.45, 2.75) is 26.8 Å². The second kappa shape index (κ2) is 7.55. The van der Waals surface area contributed by atoms with Gasteiger partial charge < -0.3 is 10.1 Å². The maximum absolute atomic E-state index is 13.4. The fourth-order valence-corrected chi connectivity index (χ4v) is 4.51. The van der Waals surface area contributed by atoms with Gasteiger partial charge in [-0.2, -0.15) is 10.1 Å². The minimum Gasteiger partial charge on any atom is -0.492 e. The number of aryl methyl sites for hydroxylation is 1. The zero-order chi connectivity index (χ0) is 19.7. The lowest BCUT2D eigenvalue weighted by Crippen LogP contribution is -2.39. The number of nitrogens with zero attached hydrogens (tertiary/aromatic N) is 4. The number of carbonyl (C=O) groups excluding carboxylic acids is 1. The molecule has 4 rings (SSSR count). The Labute approximate surface area is 167 Å². The van der Waals surface area contributed by atoms with Crippen LogP contribution in [0, 0.1) is 12.8 Å². The van der Waals surface area contributed by atoms with Crippen molar-refractivity contribution in [3.8, 4) is 5.75 Å². The number of nitrogens with one attached hydrogen (secondary N) is 1. The molecule has 3 aromatic rings. The molecule has 0 saturated heterocycles. The summed E-state index contributed by atoms with van der Waals surface area (Å²) < 4.78 is 7.38. The van der Waals surface area contributed by atoms with Gasteiger partial charge in [0.2, 0.25) is 11.9 Å². The monoisotopic (exact) mass is 395 g/mol. The van der Waals surface area contributed by atoms with Crippen molar-refractivity contribution in [1.82, 2.24) is 14.8 Å². The summed E-state index contributed by atoms with van der Waals surface area (Å²) in [6, 6.07) is 9.21. The van der Waals surface area contributed by atoms with Crippen LogP contribution in [0.15, 0.2) is 47.0 Å². The summed E-state index contributed by atoms with van der Waals surface area (Å²) in [6.07, 6.45) is 1.48. The van der Waals surface area contributed by atoms with Gasteiger partial charge >= 0.3 is 0 Å². The predicted octanol–water partition coefficient (Wildman–Crippen LogP) is 4.00. The molecule has 144 valence electrons. The summed E-state index contributed by atoms with van der Waals surface area (Å²) >= 11 is 1.62. The van der Waals surface area contributed by atoms with Crippen molar-refractivity contribution in [1.29, 1.82) is 0 Å². The number of fused-ring (bicyclic) bond motifs is 1. The first-order chi connectivity index (χ1) is 13.6. The van der Waals surface area contributed by atoms with Crippen molar-refractivity contribution in [2.24, 2.45) is 10.9 Å². The predicted molar refractivity (Wildman–Crippen MR) is 110 cm³/mol. The highest BCUT2D eigenvalue weighted by Crippen LogP contribution is 2.39. The number of carbonyl (C=O) groups is 1. The standard InChI is InChI=1S/C20H21N5O2S/c1-4-27-15-8-6-5-7-14(15)24-19(26)16-13(3)23-20-21-11-22-25(20)17(16)18-12(2)9-10-28-18/h5-11,16-17H,4H2,1-3H3,(H,24,26). The molecule has 2 unspecified atom stereocenters. The number of thiophene rings is 1. The molecule has 1 amide bonds. The number of aliphatic imine (C=N–C) groups is 1. The average Bonchev–Trinajstić information content (AvgIpc) is 3.31. The Morgan fingerprint density at radius 2 is 2.11 bits per heavy atom. The van der Waals surface area contributed by atoms with Crippen LogP contribution in [0.1, 0.15) is 30.3 Å². The van der Waals surface area contributed by atoms with E-state index in [1.165, 1.54) is 6.33 Å². The number of benzene rings is 1. The molecule has 1 N–H and O–H groups in total. The lowest BCUT2D eigenvalue weighted by atomic mass is 9.90. The van der Waals surface area contributed by atoms with Crippen LogP contribution in [-0.2, 0) is 4.79 Å². The third-order valence-electron chi connectivity index (χ3n) is 4.76. The molecule has 1 aromatic carbocycles. The highest BCUT2D eigenvalue weighted by Gasteiger charge is 2.40. The molecule has 0 saturated carbocycles. The average molecular weight is 395 g/mol. The first kappa shape index (κ1) is 18.4. The highest BCUT2D eigenvalue weighted by atomic mass is 32.1. The van der Waals surface area contributed by atoms with Crippen LogP contribution in [-0.4, -0.2) is 33.0 Å². The van der Waals surface area contributed by atoms with E-state index in [4.69, 9.17) is 4.74 Å². The van der Waals surface area contributed by atoms with E-state index in [0.717, 1.165) is 10.4 Å². The second-order valence-electron chi connectivity index (χ2n) is 6.57. The summed E-state index contributed by atoms with van der Waals surface area (Å²) in [5.41, 5.74) is 2.48. The number of para-hydroxylation sites is 2. The van der Waals surface area contributed by atoms with Crippen LogP contribution < -0.4 is 10.1 Å². The molecule has 7 nitrogen and oxygen atoms in total. The minimum atomic E-state index is -0.499. The molecular weight excluding hydrogens is 374 g/mol. The molecular formula is C20H21N5O2S. The summed E-state index contributed by atoms with van der Waals surface area (Å²) in [5.74, 6) is 0.525. The fourth-order valence-electron chi connectivity index (χ4n) is 3.46. The topological polar surface area (TPSA) is 81.4 Å². The van der Waals surface area contributed by atoms with Crippen molar-refractivity contribution < 1.29 is 9.53 Å². The number of aromatic nitrogens is 3. The normalized spacial score (nSPS) is 18.3. The van der Waals surface area contributed by atoms with Crippen LogP contribution in [0.5, 0.6) is 5.75 Å². The number of rotatable bonds is 5. The van der Waals surface area contributed by atoms with Crippen molar-refractivity contribution >= 4 is 34.6 Å². The van der Waals surface area contributed by atoms with Gasteiger partial charge in [0.25, 0.3) is 0 Å². The Morgan fingerprint density at radius 1 is 1.29 bits per heavy atom. The largest absolute Gasteiger partial charge is 0.492 e. The lowest BCUT2D eigenvalue weighted by Gasteiger charge is -2.30. The molecule has 28 heavy (non-hydrogen) atoms. The maximum Gasteiger partial charge on any atom is 0.248 e. The summed E-state index contributed by atoms with van der Waals surface area (Å²) in [4.78, 5) is 23.2. The quantitative estimate of drug-likeness (QED) is 0.708. The van der Waals surface area contributed by atoms with Gasteiger partial charge in [-0.3, -0.25) is 4.79 Å². The molecule has 8 heteroatoms. The number of hydrogen-bond donors (Lipinski definition) is 1. The Kier molecular flexibility index (Phi) is 4.95. The van der Waals surface area contributed by atoms with Crippen LogP contribution in [0.2, 0.25) is 0 Å². The lowest BCUT2D eigenvalue weighted by molar-refractivity contribution is -0.118. The van der Waals surface area contributed by atoms with Gasteiger partial charge in [0.05, 0.1) is 12.3 Å². The third kappa shape index (κ3) is 3.20. The van der Waals surface area contributed by atoms with Crippen molar-refractivity contribution in [3.63, 3.8) is 0 Å². The molecule has 2 atom stereocenters. The van der Waals surface area contributed by atoms with Crippen LogP contribution in [0.25, 0.3) is 0 Å². The molecule has 0 bridgehead atoms. The van der Waals surface area contributed by atoms with E-state index in [1.807, 2.05) is 50.4 Å². The summed E-state index contributed by atoms with van der Waals surface area (Å²) in [5, 5.41) is 9.41. The maximum atomic E-state index is 13.4. The molecule has 1 aliphatic heterocycles. The molecule has 3 heterocycles. The van der Waals surface area contributed by atoms with Crippen molar-refractivity contribution in [2.75, 3.05) is 11.9 Å². The van der Waals surface area contributed by atoms with Crippen molar-refractivity contribution in [3.05, 3.63) is 52.5 Å². The zero-order valence-corrected chi connectivity index (χ0v) is 16.7. The molecule has 0 aliphatic carbocycles. The molecule has 0 radical (unpaired) electrons. The Bertz CT molecular complexity index is 1040. The van der Waals surface area contributed by atoms with E-state index in [-0.39, 0.29) is 11.9 Å². The minimum absolute atomic E-state index is 0.146. The summed E-state index contributed by atoms with van der Waals surface area (Å²) in [7, 11) is 0. The van der Waals surface area contributed by atoms with Gasteiger partial charge in [-0.05, 0) is 49.9 Å². The van der Waals surface area contributed by atoms with E-state index in [0.29, 0.717) is 29.7 Å². The van der Waals surface area contributed by atoms with Gasteiger partial charge in [0.15, 0.2) is 0 Å². The van der Waals surface area contributed by atoms with E-state index in [1.54, 1.807) is 16.0 Å². The van der Waals surface area contributed by atoms with Gasteiger partial charge in [-0.15, -0.1) is 11.3 Å². The van der Waals surface area contributed by atoms with E-state index < -0.39 is 5.92 Å². The molecule has 0 fully saturated rings. The van der Waals surface area contributed by atoms with Gasteiger partial charge in [-0.25, -0.2) is 9.67 Å². The first-order valence-corrected chi connectivity index (χ1v) is 9.99. The highest BCUT2D eigenvalue weighted by molar-refractivity contribution is 7.10. The van der Waals surface area contributed by atoms with E-state index >= 15 is 0 Å². The Morgan fingerprint density at radius 3 is 2.86 bits per heavy atom. The Hall–Kier alpha value is -3.00. The number of hydrogen-bond acceptors (Lipinski definition) is 6. The van der Waals surface area contributed by atoms with E-state index in [2.05, 4.69) is 26.5 Å². The third-order valence-corrected chi connectivity index (χ3v) is 5.85. The molecule has 1 aliphatic rings. The first-order valence-electron chi connectivity index (χ1n) is 9.11. The zero-order valence-electron chi connectivity index (χ0n) is 15.9. The van der Waals surface area contributed by atoms with Crippen LogP contribution in [0.4, 0.5) is 11.6 Å². The smallest absolute Gasteiger partial charge is 0.248 e. The van der Waals surface area contributed by atoms with Gasteiger partial charge in [-0.1, -0.05) is 12.1 Å². The van der Waals surface area contributed by atoms with Gasteiger partial charge in [0, 0.05) is 10.6 Å². The number of anilines is 1. The number of ether oxygens (including phenoxy) is 1. The van der Waals surface area contributed by atoms with Crippen LogP contribution >= 0.6 is 11.3 Å². The number of amides is 1. The molecule has 0 spiro atoms. The Balaban J connectivity index is 1.73. The summed E-state index contributed by atoms with van der Waals surface area (Å²) in [6.45, 7) is 6.35.